The van der Waals surface area contributed by atoms with Crippen LogP contribution in [0.15, 0.2) is 0 Å². The van der Waals surface area contributed by atoms with Gasteiger partial charge in [0.2, 0.25) is 0 Å². The molecule has 1 N–H and O–H groups in total. The van der Waals surface area contributed by atoms with Crippen molar-refractivity contribution in [2.45, 2.75) is 58.4 Å². The average Bonchev–Trinajstić information content (AvgIpc) is 2.17. The first-order chi connectivity index (χ1) is 6.62. The fraction of sp³-hybridized carbons (Fsp3) is 1.00. The first-order valence-corrected chi connectivity index (χ1v) is 6.37. The molecule has 0 aromatic rings. The molecular weight excluding hydrogens is 170 g/mol. The van der Waals surface area contributed by atoms with Gasteiger partial charge in [0.15, 0.2) is 0 Å². The lowest BCUT2D eigenvalue weighted by molar-refractivity contribution is 0.0807. The summed E-state index contributed by atoms with van der Waals surface area (Å²) in [7, 11) is 0. The third kappa shape index (κ3) is 1.84. The number of rotatable bonds is 1. The average molecular weight is 195 g/mol. The molecule has 1 heterocycles. The summed E-state index contributed by atoms with van der Waals surface area (Å²) in [6.45, 7) is 8.41. The number of piperidine rings is 1. The SMILES string of the molecule is CC(C)[C@]1(C)CC2CCCCC2CN1. The molecule has 1 aliphatic carbocycles. The Morgan fingerprint density at radius 1 is 1.14 bits per heavy atom. The van der Waals surface area contributed by atoms with Gasteiger partial charge in [0.1, 0.15) is 0 Å². The smallest absolute Gasteiger partial charge is 0.0179 e. The highest BCUT2D eigenvalue weighted by Crippen LogP contribution is 2.40. The Kier molecular flexibility index (Phi) is 2.88. The summed E-state index contributed by atoms with van der Waals surface area (Å²) in [5.74, 6) is 2.79. The maximum atomic E-state index is 3.79. The highest BCUT2D eigenvalue weighted by Gasteiger charge is 2.39. The summed E-state index contributed by atoms with van der Waals surface area (Å²) in [5.41, 5.74) is 0.415. The van der Waals surface area contributed by atoms with Crippen LogP contribution in [0, 0.1) is 17.8 Å². The van der Waals surface area contributed by atoms with Gasteiger partial charge in [0, 0.05) is 5.54 Å². The summed E-state index contributed by atoms with van der Waals surface area (Å²) < 4.78 is 0. The van der Waals surface area contributed by atoms with Crippen LogP contribution in [0.25, 0.3) is 0 Å². The molecule has 2 unspecified atom stereocenters. The molecule has 0 bridgehead atoms. The van der Waals surface area contributed by atoms with Crippen molar-refractivity contribution in [1.29, 1.82) is 0 Å². The third-order valence-corrected chi connectivity index (χ3v) is 4.80. The van der Waals surface area contributed by atoms with E-state index in [1.54, 1.807) is 0 Å². The molecule has 2 fully saturated rings. The molecule has 0 radical (unpaired) electrons. The van der Waals surface area contributed by atoms with Gasteiger partial charge in [-0.1, -0.05) is 33.1 Å². The van der Waals surface area contributed by atoms with Crippen LogP contribution < -0.4 is 5.32 Å². The standard InChI is InChI=1S/C13H25N/c1-10(2)13(3)8-11-6-4-5-7-12(11)9-14-13/h10-12,14H,4-9H2,1-3H3/t11?,12?,13-/m0/s1. The molecule has 1 heteroatoms. The maximum Gasteiger partial charge on any atom is 0.0179 e. The van der Waals surface area contributed by atoms with Crippen molar-refractivity contribution >= 4 is 0 Å². The van der Waals surface area contributed by atoms with E-state index in [0.717, 1.165) is 17.8 Å². The van der Waals surface area contributed by atoms with Gasteiger partial charge < -0.3 is 5.32 Å². The van der Waals surface area contributed by atoms with E-state index in [0.29, 0.717) is 5.54 Å². The zero-order valence-corrected chi connectivity index (χ0v) is 9.97. The predicted octanol–water partition coefficient (Wildman–Crippen LogP) is 3.20. The number of fused-ring (bicyclic) bond motifs is 1. The molecule has 14 heavy (non-hydrogen) atoms. The topological polar surface area (TPSA) is 12.0 Å². The van der Waals surface area contributed by atoms with Gasteiger partial charge in [-0.05, 0) is 44.1 Å². The molecule has 82 valence electrons. The van der Waals surface area contributed by atoms with E-state index >= 15 is 0 Å². The Hall–Kier alpha value is -0.0400. The fourth-order valence-corrected chi connectivity index (χ4v) is 3.24. The van der Waals surface area contributed by atoms with Crippen LogP contribution in [0.2, 0.25) is 0 Å². The number of hydrogen-bond acceptors (Lipinski definition) is 1. The van der Waals surface area contributed by atoms with Crippen LogP contribution in [-0.4, -0.2) is 12.1 Å². The second-order valence-electron chi connectivity index (χ2n) is 5.96. The molecule has 0 aromatic heterocycles. The lowest BCUT2D eigenvalue weighted by Gasteiger charge is -2.48. The van der Waals surface area contributed by atoms with E-state index in [1.807, 2.05) is 0 Å². The second-order valence-corrected chi connectivity index (χ2v) is 5.96. The van der Waals surface area contributed by atoms with Crippen molar-refractivity contribution in [3.05, 3.63) is 0 Å². The normalized spacial score (nSPS) is 43.7. The molecule has 0 aromatic carbocycles. The predicted molar refractivity (Wildman–Crippen MR) is 61.3 cm³/mol. The Balaban J connectivity index is 2.02. The summed E-state index contributed by atoms with van der Waals surface area (Å²) >= 11 is 0. The lowest BCUT2D eigenvalue weighted by Crippen LogP contribution is -2.56. The van der Waals surface area contributed by atoms with Crippen molar-refractivity contribution in [2.24, 2.45) is 17.8 Å². The lowest BCUT2D eigenvalue weighted by atomic mass is 9.67. The van der Waals surface area contributed by atoms with Crippen molar-refractivity contribution in [3.63, 3.8) is 0 Å². The third-order valence-electron chi connectivity index (χ3n) is 4.80. The number of hydrogen-bond donors (Lipinski definition) is 1. The molecule has 3 atom stereocenters. The van der Waals surface area contributed by atoms with E-state index in [2.05, 4.69) is 26.1 Å². The van der Waals surface area contributed by atoms with Crippen molar-refractivity contribution < 1.29 is 0 Å². The van der Waals surface area contributed by atoms with Crippen LogP contribution in [0.4, 0.5) is 0 Å². The summed E-state index contributed by atoms with van der Waals surface area (Å²) in [5, 5.41) is 3.79. The van der Waals surface area contributed by atoms with Crippen LogP contribution >= 0.6 is 0 Å². The minimum Gasteiger partial charge on any atom is -0.311 e. The molecule has 2 aliphatic rings. The van der Waals surface area contributed by atoms with E-state index in [4.69, 9.17) is 0 Å². The minimum absolute atomic E-state index is 0.415. The van der Waals surface area contributed by atoms with E-state index in [-0.39, 0.29) is 0 Å². The molecule has 1 saturated heterocycles. The fourth-order valence-electron chi connectivity index (χ4n) is 3.24. The molecule has 2 rings (SSSR count). The second kappa shape index (κ2) is 3.84. The summed E-state index contributed by atoms with van der Waals surface area (Å²) in [6.07, 6.45) is 7.34. The van der Waals surface area contributed by atoms with Crippen molar-refractivity contribution in [1.82, 2.24) is 5.32 Å². The molecule has 0 spiro atoms. The Morgan fingerprint density at radius 2 is 1.79 bits per heavy atom. The Bertz CT molecular complexity index is 199. The van der Waals surface area contributed by atoms with Crippen molar-refractivity contribution in [3.8, 4) is 0 Å². The monoisotopic (exact) mass is 195 g/mol. The maximum absolute atomic E-state index is 3.79. The molecule has 1 saturated carbocycles. The quantitative estimate of drug-likeness (QED) is 0.677. The van der Waals surface area contributed by atoms with Gasteiger partial charge in [0.05, 0.1) is 0 Å². The minimum atomic E-state index is 0.415. The van der Waals surface area contributed by atoms with Gasteiger partial charge in [-0.3, -0.25) is 0 Å². The van der Waals surface area contributed by atoms with Crippen LogP contribution in [0.3, 0.4) is 0 Å². The molecule has 0 amide bonds. The summed E-state index contributed by atoms with van der Waals surface area (Å²) in [6, 6.07) is 0. The first kappa shape index (κ1) is 10.5. The highest BCUT2D eigenvalue weighted by molar-refractivity contribution is 4.96. The van der Waals surface area contributed by atoms with Gasteiger partial charge in [-0.2, -0.15) is 0 Å². The highest BCUT2D eigenvalue weighted by atomic mass is 15.0. The van der Waals surface area contributed by atoms with Gasteiger partial charge in [0.25, 0.3) is 0 Å². The van der Waals surface area contributed by atoms with Gasteiger partial charge in [-0.15, -0.1) is 0 Å². The van der Waals surface area contributed by atoms with Gasteiger partial charge in [-0.25, -0.2) is 0 Å². The van der Waals surface area contributed by atoms with Gasteiger partial charge >= 0.3 is 0 Å². The molecule has 1 aliphatic heterocycles. The van der Waals surface area contributed by atoms with E-state index in [9.17, 15) is 0 Å². The zero-order chi connectivity index (χ0) is 10.2. The zero-order valence-electron chi connectivity index (χ0n) is 9.97. The molecule has 1 nitrogen and oxygen atoms in total. The summed E-state index contributed by atoms with van der Waals surface area (Å²) in [4.78, 5) is 0. The van der Waals surface area contributed by atoms with Crippen LogP contribution in [-0.2, 0) is 0 Å². The largest absolute Gasteiger partial charge is 0.311 e. The molecular formula is C13H25N. The van der Waals surface area contributed by atoms with Crippen molar-refractivity contribution in [2.75, 3.05) is 6.54 Å². The Labute approximate surface area is 88.7 Å². The van der Waals surface area contributed by atoms with Crippen LogP contribution in [0.1, 0.15) is 52.9 Å². The Morgan fingerprint density at radius 3 is 2.43 bits per heavy atom. The number of nitrogens with one attached hydrogen (secondary N) is 1. The van der Waals surface area contributed by atoms with E-state index < -0.39 is 0 Å². The van der Waals surface area contributed by atoms with Crippen LogP contribution in [0.5, 0.6) is 0 Å². The van der Waals surface area contributed by atoms with E-state index in [1.165, 1.54) is 38.6 Å². The first-order valence-electron chi connectivity index (χ1n) is 6.37.